The van der Waals surface area contributed by atoms with Crippen LogP contribution in [0.1, 0.15) is 31.1 Å². The number of fused-ring (bicyclic) bond motifs is 1. The first kappa shape index (κ1) is 17.8. The summed E-state index contributed by atoms with van der Waals surface area (Å²) in [6.07, 6.45) is 0. The Balaban J connectivity index is 1.91. The van der Waals surface area contributed by atoms with Crippen molar-refractivity contribution in [3.63, 3.8) is 0 Å². The van der Waals surface area contributed by atoms with Crippen LogP contribution >= 0.6 is 0 Å². The number of rotatable bonds is 3. The number of aromatic nitrogens is 2. The predicted molar refractivity (Wildman–Crippen MR) is 98.9 cm³/mol. The smallest absolute Gasteiger partial charge is 0.340 e. The third-order valence-corrected chi connectivity index (χ3v) is 3.85. The molecule has 138 valence electrons. The molecule has 0 bridgehead atoms. The van der Waals surface area contributed by atoms with E-state index in [9.17, 15) is 9.59 Å². The van der Waals surface area contributed by atoms with E-state index in [-0.39, 0.29) is 12.0 Å². The van der Waals surface area contributed by atoms with Gasteiger partial charge in [-0.3, -0.25) is 5.32 Å². The molecule has 1 aliphatic heterocycles. The highest BCUT2D eigenvalue weighted by Gasteiger charge is 2.28. The monoisotopic (exact) mass is 357 g/mol. The Labute approximate surface area is 152 Å². The minimum atomic E-state index is -0.568. The zero-order chi connectivity index (χ0) is 18.9. The highest BCUT2D eigenvalue weighted by atomic mass is 16.6. The standard InChI is InChI=1S/C18H23N5O3/c1-18(2,3)26-16(24)12-7-5-6-8-13(12)22-9-10-23-15(22)11-14(21-23)20-17(25)19-4/h5-8,11H,9-10H2,1-4H3,(H2,19,20,21,25). The maximum Gasteiger partial charge on any atom is 0.340 e. The van der Waals surface area contributed by atoms with Crippen molar-refractivity contribution in [1.29, 1.82) is 0 Å². The number of ether oxygens (including phenoxy) is 1. The fourth-order valence-corrected chi connectivity index (χ4v) is 2.80. The van der Waals surface area contributed by atoms with Gasteiger partial charge < -0.3 is 15.0 Å². The van der Waals surface area contributed by atoms with Crippen molar-refractivity contribution in [2.24, 2.45) is 0 Å². The number of nitrogens with one attached hydrogen (secondary N) is 2. The molecule has 3 rings (SSSR count). The van der Waals surface area contributed by atoms with Gasteiger partial charge in [-0.05, 0) is 32.9 Å². The van der Waals surface area contributed by atoms with Crippen molar-refractivity contribution < 1.29 is 14.3 Å². The molecule has 2 amide bonds. The van der Waals surface area contributed by atoms with Crippen LogP contribution in [0.2, 0.25) is 0 Å². The molecule has 0 spiro atoms. The van der Waals surface area contributed by atoms with Crippen LogP contribution in [0.4, 0.5) is 22.1 Å². The zero-order valence-electron chi connectivity index (χ0n) is 15.4. The Kier molecular flexibility index (Phi) is 4.58. The van der Waals surface area contributed by atoms with Crippen LogP contribution in [0.5, 0.6) is 0 Å². The van der Waals surface area contributed by atoms with E-state index >= 15 is 0 Å². The molecule has 1 aromatic heterocycles. The summed E-state index contributed by atoms with van der Waals surface area (Å²) < 4.78 is 7.33. The van der Waals surface area contributed by atoms with Gasteiger partial charge in [0.1, 0.15) is 11.4 Å². The Morgan fingerprint density at radius 2 is 1.92 bits per heavy atom. The van der Waals surface area contributed by atoms with Gasteiger partial charge in [0.05, 0.1) is 17.8 Å². The maximum atomic E-state index is 12.6. The lowest BCUT2D eigenvalue weighted by atomic mass is 10.1. The van der Waals surface area contributed by atoms with Crippen LogP contribution < -0.4 is 15.5 Å². The van der Waals surface area contributed by atoms with E-state index in [1.807, 2.05) is 43.9 Å². The molecular weight excluding hydrogens is 334 g/mol. The van der Waals surface area contributed by atoms with E-state index in [1.165, 1.54) is 0 Å². The van der Waals surface area contributed by atoms with Gasteiger partial charge in [-0.15, -0.1) is 0 Å². The summed E-state index contributed by atoms with van der Waals surface area (Å²) in [6.45, 7) is 6.87. The van der Waals surface area contributed by atoms with Crippen LogP contribution in [0, 0.1) is 0 Å². The highest BCUT2D eigenvalue weighted by Crippen LogP contribution is 2.34. The van der Waals surface area contributed by atoms with Gasteiger partial charge in [0, 0.05) is 19.7 Å². The van der Waals surface area contributed by atoms with Crippen LogP contribution in [0.15, 0.2) is 30.3 Å². The second-order valence-electron chi connectivity index (χ2n) is 6.99. The van der Waals surface area contributed by atoms with Crippen molar-refractivity contribution in [3.8, 4) is 0 Å². The summed E-state index contributed by atoms with van der Waals surface area (Å²) in [5, 5.41) is 9.53. The minimum absolute atomic E-state index is 0.331. The fourth-order valence-electron chi connectivity index (χ4n) is 2.80. The lowest BCUT2D eigenvalue weighted by molar-refractivity contribution is 0.00704. The molecule has 1 aromatic carbocycles. The molecule has 8 nitrogen and oxygen atoms in total. The molecule has 0 saturated carbocycles. The van der Waals surface area contributed by atoms with Gasteiger partial charge in [-0.2, -0.15) is 5.10 Å². The number of urea groups is 1. The summed E-state index contributed by atoms with van der Waals surface area (Å²) in [5.74, 6) is 0.904. The van der Waals surface area contributed by atoms with E-state index < -0.39 is 5.60 Å². The number of carbonyl (C=O) groups is 2. The largest absolute Gasteiger partial charge is 0.456 e. The quantitative estimate of drug-likeness (QED) is 0.825. The first-order chi connectivity index (χ1) is 12.3. The van der Waals surface area contributed by atoms with Gasteiger partial charge in [-0.25, -0.2) is 14.3 Å². The highest BCUT2D eigenvalue weighted by molar-refractivity contribution is 5.97. The van der Waals surface area contributed by atoms with Crippen molar-refractivity contribution in [2.75, 3.05) is 23.8 Å². The number of nitrogens with zero attached hydrogens (tertiary/aromatic N) is 3. The van der Waals surface area contributed by atoms with Gasteiger partial charge in [0.2, 0.25) is 0 Å². The SMILES string of the molecule is CNC(=O)Nc1cc2n(n1)CCN2c1ccccc1C(=O)OC(C)(C)C. The van der Waals surface area contributed by atoms with Gasteiger partial charge in [0.25, 0.3) is 0 Å². The van der Waals surface area contributed by atoms with E-state index in [2.05, 4.69) is 15.7 Å². The fraction of sp³-hybridized carbons (Fsp3) is 0.389. The molecule has 0 radical (unpaired) electrons. The van der Waals surface area contributed by atoms with Crippen molar-refractivity contribution in [2.45, 2.75) is 32.9 Å². The average Bonchev–Trinajstić information content (AvgIpc) is 3.13. The van der Waals surface area contributed by atoms with Gasteiger partial charge >= 0.3 is 12.0 Å². The summed E-state index contributed by atoms with van der Waals surface area (Å²) >= 11 is 0. The zero-order valence-corrected chi connectivity index (χ0v) is 15.4. The summed E-state index contributed by atoms with van der Waals surface area (Å²) in [6, 6.07) is 8.79. The number of carbonyl (C=O) groups excluding carboxylic acids is 2. The van der Waals surface area contributed by atoms with E-state index in [0.29, 0.717) is 24.5 Å². The molecular formula is C18H23N5O3. The van der Waals surface area contributed by atoms with Crippen molar-refractivity contribution in [3.05, 3.63) is 35.9 Å². The number of anilines is 3. The Hall–Kier alpha value is -3.03. The number of amides is 2. The van der Waals surface area contributed by atoms with Crippen LogP contribution in [-0.2, 0) is 11.3 Å². The van der Waals surface area contributed by atoms with Crippen molar-refractivity contribution in [1.82, 2.24) is 15.1 Å². The predicted octanol–water partition coefficient (Wildman–Crippen LogP) is 2.74. The topological polar surface area (TPSA) is 88.5 Å². The molecule has 2 N–H and O–H groups in total. The summed E-state index contributed by atoms with van der Waals surface area (Å²) in [5.41, 5.74) is 0.687. The molecule has 2 aromatic rings. The Bertz CT molecular complexity index is 838. The second kappa shape index (κ2) is 6.70. The minimum Gasteiger partial charge on any atom is -0.456 e. The van der Waals surface area contributed by atoms with Crippen LogP contribution in [0.3, 0.4) is 0 Å². The third-order valence-electron chi connectivity index (χ3n) is 3.85. The Morgan fingerprint density at radius 1 is 1.19 bits per heavy atom. The van der Waals surface area contributed by atoms with Crippen LogP contribution in [-0.4, -0.2) is 41.0 Å². The molecule has 2 heterocycles. The number of para-hydroxylation sites is 1. The lowest BCUT2D eigenvalue weighted by Gasteiger charge is -2.23. The maximum absolute atomic E-state index is 12.6. The summed E-state index contributed by atoms with van der Waals surface area (Å²) in [7, 11) is 1.54. The third kappa shape index (κ3) is 3.63. The molecule has 8 heteroatoms. The summed E-state index contributed by atoms with van der Waals surface area (Å²) in [4.78, 5) is 26.1. The second-order valence-corrected chi connectivity index (χ2v) is 6.99. The van der Waals surface area contributed by atoms with Crippen LogP contribution in [0.25, 0.3) is 0 Å². The molecule has 1 aliphatic rings. The Morgan fingerprint density at radius 3 is 2.62 bits per heavy atom. The van der Waals surface area contributed by atoms with Crippen molar-refractivity contribution >= 4 is 29.3 Å². The van der Waals surface area contributed by atoms with E-state index in [4.69, 9.17) is 4.74 Å². The number of esters is 1. The van der Waals surface area contributed by atoms with Gasteiger partial charge in [0.15, 0.2) is 5.82 Å². The molecule has 26 heavy (non-hydrogen) atoms. The molecule has 0 unspecified atom stereocenters. The molecule has 0 atom stereocenters. The van der Waals surface area contributed by atoms with Gasteiger partial charge in [-0.1, -0.05) is 12.1 Å². The number of hydrogen-bond donors (Lipinski definition) is 2. The molecule has 0 saturated heterocycles. The normalized spacial score (nSPS) is 13.3. The van der Waals surface area contributed by atoms with E-state index in [0.717, 1.165) is 11.5 Å². The lowest BCUT2D eigenvalue weighted by Crippen LogP contribution is -2.26. The first-order valence-electron chi connectivity index (χ1n) is 8.45. The molecule has 0 fully saturated rings. The number of hydrogen-bond acceptors (Lipinski definition) is 5. The van der Waals surface area contributed by atoms with E-state index in [1.54, 1.807) is 23.9 Å². The average molecular weight is 357 g/mol. The molecule has 0 aliphatic carbocycles. The first-order valence-corrected chi connectivity index (χ1v) is 8.45. The number of benzene rings is 1.